The van der Waals surface area contributed by atoms with Crippen molar-refractivity contribution in [3.8, 4) is 5.69 Å². The third kappa shape index (κ3) is 4.19. The first-order valence-corrected chi connectivity index (χ1v) is 12.1. The first-order chi connectivity index (χ1) is 15.5. The number of halogens is 2. The van der Waals surface area contributed by atoms with Gasteiger partial charge in [-0.3, -0.25) is 4.68 Å². The third-order valence-corrected chi connectivity index (χ3v) is 7.31. The van der Waals surface area contributed by atoms with Crippen LogP contribution in [0.3, 0.4) is 0 Å². The summed E-state index contributed by atoms with van der Waals surface area (Å²) in [6.45, 7) is 6.19. The van der Waals surface area contributed by atoms with Crippen LogP contribution in [0.1, 0.15) is 31.0 Å². The van der Waals surface area contributed by atoms with E-state index in [-0.39, 0.29) is 5.02 Å². The zero-order chi connectivity index (χ0) is 22.2. The summed E-state index contributed by atoms with van der Waals surface area (Å²) in [5.74, 6) is 0.311. The highest BCUT2D eigenvalue weighted by molar-refractivity contribution is 7.99. The molecule has 32 heavy (non-hydrogen) atoms. The van der Waals surface area contributed by atoms with Crippen LogP contribution < -0.4 is 0 Å². The van der Waals surface area contributed by atoms with Crippen LogP contribution in [0.2, 0.25) is 5.02 Å². The highest BCUT2D eigenvalue weighted by Crippen LogP contribution is 2.42. The van der Waals surface area contributed by atoms with Crippen molar-refractivity contribution in [1.29, 1.82) is 0 Å². The van der Waals surface area contributed by atoms with Gasteiger partial charge in [0.05, 0.1) is 29.0 Å². The van der Waals surface area contributed by atoms with Crippen molar-refractivity contribution in [1.82, 2.24) is 14.3 Å². The Kier molecular flexibility index (Phi) is 6.01. The van der Waals surface area contributed by atoms with E-state index in [0.29, 0.717) is 24.6 Å². The van der Waals surface area contributed by atoms with Gasteiger partial charge in [-0.2, -0.15) is 5.10 Å². The van der Waals surface area contributed by atoms with Crippen molar-refractivity contribution >= 4 is 34.3 Å². The second kappa shape index (κ2) is 8.93. The highest BCUT2D eigenvalue weighted by atomic mass is 35.5. The van der Waals surface area contributed by atoms with Crippen LogP contribution in [-0.2, 0) is 17.9 Å². The van der Waals surface area contributed by atoms with E-state index in [1.165, 1.54) is 12.8 Å². The lowest BCUT2D eigenvalue weighted by Crippen LogP contribution is -2.00. The van der Waals surface area contributed by atoms with Gasteiger partial charge in [-0.1, -0.05) is 35.5 Å². The Hall–Kier alpha value is -2.28. The maximum absolute atomic E-state index is 15.3. The van der Waals surface area contributed by atoms with Gasteiger partial charge in [0, 0.05) is 40.2 Å². The zero-order valence-electron chi connectivity index (χ0n) is 18.1. The number of aromatic nitrogens is 3. The van der Waals surface area contributed by atoms with Crippen LogP contribution in [0.5, 0.6) is 0 Å². The highest BCUT2D eigenvalue weighted by Gasteiger charge is 2.24. The van der Waals surface area contributed by atoms with Crippen molar-refractivity contribution in [3.05, 3.63) is 70.9 Å². The SMILES string of the molecule is CCOCc1cccc(Sc2c(C)n(-c3cnn(CC4CC4)c3)c3c(F)c(Cl)ccc23)c1. The maximum atomic E-state index is 15.3. The summed E-state index contributed by atoms with van der Waals surface area (Å²) in [5.41, 5.74) is 3.43. The van der Waals surface area contributed by atoms with Gasteiger partial charge in [-0.15, -0.1) is 0 Å². The largest absolute Gasteiger partial charge is 0.377 e. The lowest BCUT2D eigenvalue weighted by Gasteiger charge is -2.08. The van der Waals surface area contributed by atoms with Crippen LogP contribution in [-0.4, -0.2) is 21.0 Å². The Balaban J connectivity index is 1.58. The molecule has 2 aromatic carbocycles. The first kappa shape index (κ1) is 21.6. The number of nitrogens with zero attached hydrogens (tertiary/aromatic N) is 3. The van der Waals surface area contributed by atoms with E-state index in [0.717, 1.165) is 38.7 Å². The molecular weight excluding hydrogens is 445 g/mol. The quantitative estimate of drug-likeness (QED) is 0.278. The summed E-state index contributed by atoms with van der Waals surface area (Å²) in [7, 11) is 0. The van der Waals surface area contributed by atoms with Gasteiger partial charge in [-0.25, -0.2) is 4.39 Å². The van der Waals surface area contributed by atoms with Crippen molar-refractivity contribution in [2.45, 2.75) is 49.6 Å². The molecular formula is C25H25ClFN3OS. The third-order valence-electron chi connectivity index (χ3n) is 5.81. The minimum atomic E-state index is -0.404. The number of fused-ring (bicyclic) bond motifs is 1. The summed E-state index contributed by atoms with van der Waals surface area (Å²) < 4.78 is 24.8. The van der Waals surface area contributed by atoms with Gasteiger partial charge in [0.15, 0.2) is 5.82 Å². The van der Waals surface area contributed by atoms with E-state index in [4.69, 9.17) is 16.3 Å². The molecule has 0 N–H and O–H groups in total. The van der Waals surface area contributed by atoms with Crippen LogP contribution in [0.4, 0.5) is 4.39 Å². The minimum Gasteiger partial charge on any atom is -0.377 e. The molecule has 0 aliphatic heterocycles. The van der Waals surface area contributed by atoms with Gasteiger partial charge in [0.25, 0.3) is 0 Å². The topological polar surface area (TPSA) is 32.0 Å². The predicted molar refractivity (Wildman–Crippen MR) is 127 cm³/mol. The van der Waals surface area contributed by atoms with E-state index < -0.39 is 5.82 Å². The van der Waals surface area contributed by atoms with Crippen LogP contribution in [0.25, 0.3) is 16.6 Å². The van der Waals surface area contributed by atoms with Gasteiger partial charge < -0.3 is 9.30 Å². The molecule has 166 valence electrons. The van der Waals surface area contributed by atoms with Crippen molar-refractivity contribution < 1.29 is 9.13 Å². The fourth-order valence-electron chi connectivity index (χ4n) is 4.03. The molecule has 1 aliphatic rings. The number of hydrogen-bond donors (Lipinski definition) is 0. The Morgan fingerprint density at radius 1 is 1.25 bits per heavy atom. The number of hydrogen-bond acceptors (Lipinski definition) is 3. The lowest BCUT2D eigenvalue weighted by molar-refractivity contribution is 0.134. The second-order valence-corrected chi connectivity index (χ2v) is 9.75. The summed E-state index contributed by atoms with van der Waals surface area (Å²) in [6.07, 6.45) is 6.33. The molecule has 2 heterocycles. The Bertz CT molecular complexity index is 1280. The number of rotatable bonds is 8. The summed E-state index contributed by atoms with van der Waals surface area (Å²) in [5, 5.41) is 5.49. The molecule has 0 spiro atoms. The summed E-state index contributed by atoms with van der Waals surface area (Å²) >= 11 is 7.83. The Morgan fingerprint density at radius 2 is 2.09 bits per heavy atom. The van der Waals surface area contributed by atoms with Crippen molar-refractivity contribution in [2.75, 3.05) is 6.61 Å². The molecule has 5 rings (SSSR count). The fourth-order valence-corrected chi connectivity index (χ4v) is 5.29. The molecule has 2 aromatic heterocycles. The maximum Gasteiger partial charge on any atom is 0.166 e. The Labute approximate surface area is 196 Å². The van der Waals surface area contributed by atoms with Crippen LogP contribution in [0, 0.1) is 18.7 Å². The minimum absolute atomic E-state index is 0.122. The van der Waals surface area contributed by atoms with E-state index in [1.807, 2.05) is 47.6 Å². The normalized spacial score (nSPS) is 13.9. The van der Waals surface area contributed by atoms with Gasteiger partial charge in [0.1, 0.15) is 0 Å². The van der Waals surface area contributed by atoms with Crippen molar-refractivity contribution in [3.63, 3.8) is 0 Å². The van der Waals surface area contributed by atoms with Gasteiger partial charge >= 0.3 is 0 Å². The summed E-state index contributed by atoms with van der Waals surface area (Å²) in [6, 6.07) is 11.8. The molecule has 0 atom stereocenters. The van der Waals surface area contributed by atoms with E-state index in [9.17, 15) is 0 Å². The van der Waals surface area contributed by atoms with Gasteiger partial charge in [0.2, 0.25) is 0 Å². The average Bonchev–Trinajstić information content (AvgIpc) is 3.42. The monoisotopic (exact) mass is 469 g/mol. The molecule has 7 heteroatoms. The first-order valence-electron chi connectivity index (χ1n) is 10.9. The summed E-state index contributed by atoms with van der Waals surface area (Å²) in [4.78, 5) is 2.10. The molecule has 0 saturated heterocycles. The fraction of sp³-hybridized carbons (Fsp3) is 0.320. The average molecular weight is 470 g/mol. The van der Waals surface area contributed by atoms with E-state index in [2.05, 4.69) is 23.3 Å². The van der Waals surface area contributed by atoms with Crippen LogP contribution >= 0.6 is 23.4 Å². The molecule has 1 aliphatic carbocycles. The smallest absolute Gasteiger partial charge is 0.166 e. The van der Waals surface area contributed by atoms with Gasteiger partial charge in [-0.05, 0) is 62.4 Å². The molecule has 0 amide bonds. The number of ether oxygens (including phenoxy) is 1. The Morgan fingerprint density at radius 3 is 2.88 bits per heavy atom. The standard InChI is InChI=1S/C25H25ClFN3OS/c1-3-31-15-18-5-4-6-20(11-18)32-25-16(2)30(24-21(25)9-10-22(26)23(24)27)19-12-28-29(14-19)13-17-7-8-17/h4-6,9-12,14,17H,3,7-8,13,15H2,1-2H3. The van der Waals surface area contributed by atoms with Crippen molar-refractivity contribution in [2.24, 2.45) is 5.92 Å². The van der Waals surface area contributed by atoms with Crippen LogP contribution in [0.15, 0.2) is 58.6 Å². The number of benzene rings is 2. The molecule has 4 aromatic rings. The van der Waals surface area contributed by atoms with E-state index >= 15 is 4.39 Å². The molecule has 0 radical (unpaired) electrons. The lowest BCUT2D eigenvalue weighted by atomic mass is 10.2. The molecule has 1 saturated carbocycles. The molecule has 0 unspecified atom stereocenters. The second-order valence-electron chi connectivity index (χ2n) is 8.26. The van der Waals surface area contributed by atoms with E-state index in [1.54, 1.807) is 17.8 Å². The molecule has 1 fully saturated rings. The zero-order valence-corrected chi connectivity index (χ0v) is 19.7. The molecule has 4 nitrogen and oxygen atoms in total. The molecule has 0 bridgehead atoms. The predicted octanol–water partition coefficient (Wildman–Crippen LogP) is 7.03.